The maximum absolute atomic E-state index is 12.7. The molecular formula is C17H23N3O4S. The van der Waals surface area contributed by atoms with Crippen molar-refractivity contribution in [2.45, 2.75) is 31.1 Å². The highest BCUT2D eigenvalue weighted by Crippen LogP contribution is 2.29. The number of hydrogen-bond donors (Lipinski definition) is 1. The van der Waals surface area contributed by atoms with Crippen molar-refractivity contribution in [3.63, 3.8) is 0 Å². The Morgan fingerprint density at radius 3 is 2.64 bits per heavy atom. The monoisotopic (exact) mass is 365 g/mol. The molecule has 0 aliphatic carbocycles. The molecule has 0 saturated carbocycles. The number of carbonyl (C=O) groups is 3. The number of amides is 3. The van der Waals surface area contributed by atoms with Gasteiger partial charge >= 0.3 is 0 Å². The molecule has 7 nitrogen and oxygen atoms in total. The van der Waals surface area contributed by atoms with Gasteiger partial charge in [-0.1, -0.05) is 0 Å². The van der Waals surface area contributed by atoms with E-state index in [0.717, 1.165) is 0 Å². The van der Waals surface area contributed by atoms with Gasteiger partial charge in [0.1, 0.15) is 12.3 Å². The van der Waals surface area contributed by atoms with Crippen LogP contribution in [0.15, 0.2) is 23.0 Å². The molecule has 3 amide bonds. The first kappa shape index (κ1) is 17.8. The van der Waals surface area contributed by atoms with Gasteiger partial charge in [-0.25, -0.2) is 0 Å². The Bertz CT molecular complexity index is 659. The molecule has 2 aliphatic rings. The molecule has 0 spiro atoms. The summed E-state index contributed by atoms with van der Waals surface area (Å²) >= 11 is 1.50. The van der Waals surface area contributed by atoms with Gasteiger partial charge in [0.05, 0.1) is 16.6 Å². The number of rotatable bonds is 2. The number of furan rings is 1. The summed E-state index contributed by atoms with van der Waals surface area (Å²) in [5, 5.41) is 2.84. The van der Waals surface area contributed by atoms with Crippen LogP contribution in [0.4, 0.5) is 0 Å². The fraction of sp³-hybridized carbons (Fsp3) is 0.588. The highest BCUT2D eigenvalue weighted by Gasteiger charge is 2.39. The number of nitrogens with zero attached hydrogens (tertiary/aromatic N) is 2. The van der Waals surface area contributed by atoms with Crippen LogP contribution in [0.3, 0.4) is 0 Å². The van der Waals surface area contributed by atoms with Crippen LogP contribution >= 0.6 is 11.8 Å². The van der Waals surface area contributed by atoms with Gasteiger partial charge in [0, 0.05) is 31.9 Å². The van der Waals surface area contributed by atoms with E-state index in [0.29, 0.717) is 43.9 Å². The van der Waals surface area contributed by atoms with E-state index in [1.165, 1.54) is 24.3 Å². The third-order valence-corrected chi connectivity index (χ3v) is 6.03. The van der Waals surface area contributed by atoms with Crippen molar-refractivity contribution < 1.29 is 18.8 Å². The van der Waals surface area contributed by atoms with Crippen molar-refractivity contribution in [1.82, 2.24) is 15.1 Å². The van der Waals surface area contributed by atoms with Gasteiger partial charge in [0.15, 0.2) is 0 Å². The van der Waals surface area contributed by atoms with Gasteiger partial charge in [0.2, 0.25) is 11.8 Å². The first-order valence-corrected chi connectivity index (χ1v) is 9.42. The zero-order valence-corrected chi connectivity index (χ0v) is 15.3. The van der Waals surface area contributed by atoms with E-state index in [1.54, 1.807) is 15.9 Å². The lowest BCUT2D eigenvalue weighted by Gasteiger charge is -2.35. The molecule has 1 aromatic heterocycles. The Morgan fingerprint density at radius 1 is 1.24 bits per heavy atom. The van der Waals surface area contributed by atoms with Crippen LogP contribution in [0.1, 0.15) is 30.6 Å². The summed E-state index contributed by atoms with van der Waals surface area (Å²) in [6.07, 6.45) is 3.63. The van der Waals surface area contributed by atoms with Gasteiger partial charge in [-0.3, -0.25) is 14.4 Å². The summed E-state index contributed by atoms with van der Waals surface area (Å²) in [6, 6.07) is 1.16. The lowest BCUT2D eigenvalue weighted by Crippen LogP contribution is -2.58. The molecule has 0 radical (unpaired) electrons. The fourth-order valence-electron chi connectivity index (χ4n) is 2.99. The van der Waals surface area contributed by atoms with Crippen molar-refractivity contribution in [3.8, 4) is 0 Å². The predicted octanol–water partition coefficient (Wildman–Crippen LogP) is 0.964. The lowest BCUT2D eigenvalue weighted by atomic mass is 10.1. The minimum atomic E-state index is -0.497. The van der Waals surface area contributed by atoms with E-state index in [1.807, 2.05) is 13.8 Å². The number of thioether (sulfide) groups is 1. The van der Waals surface area contributed by atoms with Gasteiger partial charge < -0.3 is 19.5 Å². The number of hydrogen-bond acceptors (Lipinski definition) is 5. The van der Waals surface area contributed by atoms with Gasteiger partial charge in [0.25, 0.3) is 5.91 Å². The first-order chi connectivity index (χ1) is 11.9. The first-order valence-electron chi connectivity index (χ1n) is 8.43. The molecule has 2 fully saturated rings. The molecule has 8 heteroatoms. The Kier molecular flexibility index (Phi) is 5.08. The Labute approximate surface area is 151 Å². The largest absolute Gasteiger partial charge is 0.472 e. The smallest absolute Gasteiger partial charge is 0.257 e. The third-order valence-electron chi connectivity index (χ3n) is 4.62. The molecule has 2 aliphatic heterocycles. The highest BCUT2D eigenvalue weighted by atomic mass is 32.2. The van der Waals surface area contributed by atoms with Crippen molar-refractivity contribution >= 4 is 29.5 Å². The van der Waals surface area contributed by atoms with E-state index < -0.39 is 10.8 Å². The minimum absolute atomic E-state index is 0.0611. The molecule has 1 atom stereocenters. The summed E-state index contributed by atoms with van der Waals surface area (Å²) < 4.78 is 4.47. The summed E-state index contributed by atoms with van der Waals surface area (Å²) in [7, 11) is 0. The van der Waals surface area contributed by atoms with Gasteiger partial charge in [-0.05, 0) is 26.3 Å². The predicted molar refractivity (Wildman–Crippen MR) is 94.3 cm³/mol. The number of nitrogens with one attached hydrogen (secondary N) is 1. The average Bonchev–Trinajstić information content (AvgIpc) is 3.01. The highest BCUT2D eigenvalue weighted by molar-refractivity contribution is 8.01. The maximum Gasteiger partial charge on any atom is 0.257 e. The summed E-state index contributed by atoms with van der Waals surface area (Å²) in [6.45, 7) is 5.87. The molecular weight excluding hydrogens is 342 g/mol. The van der Waals surface area contributed by atoms with Crippen LogP contribution < -0.4 is 5.32 Å². The van der Waals surface area contributed by atoms with Crippen LogP contribution in [0.5, 0.6) is 0 Å². The Morgan fingerprint density at radius 2 is 1.96 bits per heavy atom. The molecule has 0 aromatic carbocycles. The third kappa shape index (κ3) is 3.84. The molecule has 1 N–H and O–H groups in total. The van der Waals surface area contributed by atoms with E-state index in [2.05, 4.69) is 5.32 Å². The van der Waals surface area contributed by atoms with E-state index in [4.69, 9.17) is 4.42 Å². The molecule has 0 bridgehead atoms. The second-order valence-electron chi connectivity index (χ2n) is 6.83. The van der Waals surface area contributed by atoms with Crippen molar-refractivity contribution in [2.75, 3.05) is 31.9 Å². The molecule has 0 unspecified atom stereocenters. The second-order valence-corrected chi connectivity index (χ2v) is 8.47. The molecule has 136 valence electrons. The molecule has 3 heterocycles. The molecule has 1 aromatic rings. The summed E-state index contributed by atoms with van der Waals surface area (Å²) in [5.74, 6) is 0.333. The van der Waals surface area contributed by atoms with E-state index >= 15 is 0 Å². The molecule has 3 rings (SSSR count). The second kappa shape index (κ2) is 7.11. The Balaban J connectivity index is 1.58. The Hall–Kier alpha value is -1.96. The quantitative estimate of drug-likeness (QED) is 0.844. The van der Waals surface area contributed by atoms with E-state index in [9.17, 15) is 14.4 Å². The topological polar surface area (TPSA) is 82.9 Å². The van der Waals surface area contributed by atoms with Crippen LogP contribution in [0.25, 0.3) is 0 Å². The SMILES string of the molecule is CC1(C)SC[C@H](C(=O)N2CCCN(C(=O)c3ccoc3)CC2)NC1=O. The fourth-order valence-corrected chi connectivity index (χ4v) is 3.99. The summed E-state index contributed by atoms with van der Waals surface area (Å²) in [5.41, 5.74) is 0.526. The van der Waals surface area contributed by atoms with Crippen molar-refractivity contribution in [1.29, 1.82) is 0 Å². The van der Waals surface area contributed by atoms with Crippen LogP contribution in [-0.4, -0.2) is 70.2 Å². The van der Waals surface area contributed by atoms with E-state index in [-0.39, 0.29) is 17.7 Å². The number of carbonyl (C=O) groups excluding carboxylic acids is 3. The lowest BCUT2D eigenvalue weighted by molar-refractivity contribution is -0.136. The maximum atomic E-state index is 12.7. The van der Waals surface area contributed by atoms with Crippen LogP contribution in [-0.2, 0) is 9.59 Å². The summed E-state index contributed by atoms with van der Waals surface area (Å²) in [4.78, 5) is 40.7. The molecule has 2 saturated heterocycles. The normalized spacial score (nSPS) is 23.8. The van der Waals surface area contributed by atoms with Crippen molar-refractivity contribution in [2.24, 2.45) is 0 Å². The standard InChI is InChI=1S/C17H23N3O4S/c1-17(2)16(23)18-13(11-25-17)15(22)20-6-3-5-19(7-8-20)14(21)12-4-9-24-10-12/h4,9-10,13H,3,5-8,11H2,1-2H3,(H,18,23)/t13-/m1/s1. The van der Waals surface area contributed by atoms with Crippen LogP contribution in [0, 0.1) is 0 Å². The van der Waals surface area contributed by atoms with Gasteiger partial charge in [-0.15, -0.1) is 11.8 Å². The zero-order valence-electron chi connectivity index (χ0n) is 14.5. The van der Waals surface area contributed by atoms with Crippen LogP contribution in [0.2, 0.25) is 0 Å². The van der Waals surface area contributed by atoms with Gasteiger partial charge in [-0.2, -0.15) is 0 Å². The van der Waals surface area contributed by atoms with Crippen molar-refractivity contribution in [3.05, 3.63) is 24.2 Å². The average molecular weight is 365 g/mol. The molecule has 25 heavy (non-hydrogen) atoms. The zero-order chi connectivity index (χ0) is 18.0. The minimum Gasteiger partial charge on any atom is -0.472 e.